The number of nitrogens with one attached hydrogen (secondary N) is 1. The van der Waals surface area contributed by atoms with Crippen LogP contribution in [0.3, 0.4) is 0 Å². The standard InChI is InChI=1S/C8H16N2O4/c1-8(2,3)14-7(13)10-5(4-9)6(11)12/h5H,4,9H2,1-3H3,(H,10,13)(H,11,12)/i1D. The Morgan fingerprint density at radius 1 is 1.71 bits per heavy atom. The summed E-state index contributed by atoms with van der Waals surface area (Å²) in [6, 6.07) is -1.17. The third-order valence-electron chi connectivity index (χ3n) is 1.19. The van der Waals surface area contributed by atoms with E-state index in [-0.39, 0.29) is 13.4 Å². The Bertz CT molecular complexity index is 245. The van der Waals surface area contributed by atoms with E-state index in [1.54, 1.807) is 13.8 Å². The number of ether oxygens (including phenoxy) is 1. The van der Waals surface area contributed by atoms with Crippen LogP contribution in [0.4, 0.5) is 4.79 Å². The third kappa shape index (κ3) is 5.36. The molecular formula is C8H16N2O4. The molecule has 1 unspecified atom stereocenters. The predicted molar refractivity (Wildman–Crippen MR) is 49.8 cm³/mol. The third-order valence-corrected chi connectivity index (χ3v) is 1.19. The molecule has 0 bridgehead atoms. The van der Waals surface area contributed by atoms with E-state index in [0.717, 1.165) is 0 Å². The van der Waals surface area contributed by atoms with Gasteiger partial charge in [-0.25, -0.2) is 9.59 Å². The summed E-state index contributed by atoms with van der Waals surface area (Å²) < 4.78 is 11.9. The molecule has 0 aromatic rings. The van der Waals surface area contributed by atoms with Crippen LogP contribution in [0.2, 0.25) is 0 Å². The van der Waals surface area contributed by atoms with Crippen LogP contribution >= 0.6 is 0 Å². The maximum absolute atomic E-state index is 11.2. The van der Waals surface area contributed by atoms with Crippen molar-refractivity contribution in [2.24, 2.45) is 5.73 Å². The van der Waals surface area contributed by atoms with Gasteiger partial charge in [-0.2, -0.15) is 0 Å². The van der Waals surface area contributed by atoms with Crippen LogP contribution in [0.15, 0.2) is 0 Å². The van der Waals surface area contributed by atoms with E-state index >= 15 is 0 Å². The second kappa shape index (κ2) is 4.80. The molecule has 0 aromatic heterocycles. The molecule has 1 atom stereocenters. The Labute approximate surface area is 83.8 Å². The molecule has 6 heteroatoms. The number of carbonyl (C=O) groups excluding carboxylic acids is 1. The first-order valence-electron chi connectivity index (χ1n) is 4.74. The zero-order chi connectivity index (χ0) is 12.1. The normalized spacial score (nSPS) is 14.1. The van der Waals surface area contributed by atoms with E-state index in [0.29, 0.717) is 0 Å². The van der Waals surface area contributed by atoms with Crippen LogP contribution in [-0.4, -0.2) is 35.4 Å². The van der Waals surface area contributed by atoms with Crippen LogP contribution in [0, 0.1) is 0 Å². The van der Waals surface area contributed by atoms with Gasteiger partial charge in [-0.15, -0.1) is 0 Å². The molecule has 0 fully saturated rings. The molecule has 0 aliphatic rings. The highest BCUT2D eigenvalue weighted by atomic mass is 16.6. The summed E-state index contributed by atoms with van der Waals surface area (Å²) in [5.41, 5.74) is 4.19. The lowest BCUT2D eigenvalue weighted by Crippen LogP contribution is -2.47. The van der Waals surface area contributed by atoms with E-state index < -0.39 is 23.7 Å². The van der Waals surface area contributed by atoms with Gasteiger partial charge in [0.2, 0.25) is 0 Å². The fourth-order valence-electron chi connectivity index (χ4n) is 0.644. The summed E-state index contributed by atoms with van der Waals surface area (Å²) >= 11 is 0. The minimum atomic E-state index is -1.22. The highest BCUT2D eigenvalue weighted by Crippen LogP contribution is 2.06. The lowest BCUT2D eigenvalue weighted by atomic mass is 10.2. The Hall–Kier alpha value is -1.30. The number of aliphatic carboxylic acids is 1. The van der Waals surface area contributed by atoms with Crippen LogP contribution in [-0.2, 0) is 9.53 Å². The van der Waals surface area contributed by atoms with E-state index in [1.807, 2.05) is 0 Å². The Kier molecular flexibility index (Phi) is 3.70. The Morgan fingerprint density at radius 2 is 2.29 bits per heavy atom. The Balaban J connectivity index is 4.19. The van der Waals surface area contributed by atoms with Crippen molar-refractivity contribution in [2.75, 3.05) is 6.54 Å². The molecule has 0 radical (unpaired) electrons. The van der Waals surface area contributed by atoms with Gasteiger partial charge in [0, 0.05) is 7.92 Å². The molecule has 0 aromatic carbocycles. The number of carboxylic acids is 1. The minimum Gasteiger partial charge on any atom is -0.480 e. The average Bonchev–Trinajstić information content (AvgIpc) is 2.13. The summed E-state index contributed by atoms with van der Waals surface area (Å²) in [7, 11) is 0. The van der Waals surface area contributed by atoms with Crippen molar-refractivity contribution in [3.63, 3.8) is 0 Å². The SMILES string of the molecule is [2H]CC(C)(C)OC(=O)NC(CN)C(=O)O. The molecule has 0 saturated carbocycles. The van der Waals surface area contributed by atoms with Crippen LogP contribution in [0.5, 0.6) is 0 Å². The molecule has 14 heavy (non-hydrogen) atoms. The van der Waals surface area contributed by atoms with Crippen molar-refractivity contribution < 1.29 is 20.8 Å². The molecular weight excluding hydrogens is 188 g/mol. The first kappa shape index (κ1) is 10.8. The van der Waals surface area contributed by atoms with E-state index in [2.05, 4.69) is 5.32 Å². The number of nitrogens with two attached hydrogens (primary N) is 1. The first-order valence-corrected chi connectivity index (χ1v) is 4.04. The van der Waals surface area contributed by atoms with Crippen molar-refractivity contribution >= 4 is 12.1 Å². The van der Waals surface area contributed by atoms with Gasteiger partial charge < -0.3 is 20.9 Å². The van der Waals surface area contributed by atoms with Gasteiger partial charge in [-0.05, 0) is 20.7 Å². The number of carbonyl (C=O) groups is 2. The number of carboxylic acid groups (broad SMARTS) is 1. The van der Waals surface area contributed by atoms with Gasteiger partial charge in [-0.1, -0.05) is 0 Å². The summed E-state index contributed by atoms with van der Waals surface area (Å²) in [5.74, 6) is -1.22. The average molecular weight is 205 g/mol. The van der Waals surface area contributed by atoms with Crippen molar-refractivity contribution in [3.8, 4) is 0 Å². The number of hydrogen-bond donors (Lipinski definition) is 3. The molecule has 0 spiro atoms. The number of amides is 1. The Morgan fingerprint density at radius 3 is 2.64 bits per heavy atom. The number of alkyl carbamates (subject to hydrolysis) is 1. The molecule has 82 valence electrons. The van der Waals surface area contributed by atoms with Crippen molar-refractivity contribution in [1.29, 1.82) is 0 Å². The largest absolute Gasteiger partial charge is 0.480 e. The molecule has 6 nitrogen and oxygen atoms in total. The van der Waals surface area contributed by atoms with E-state index in [1.165, 1.54) is 0 Å². The van der Waals surface area contributed by atoms with Crippen LogP contribution in [0.25, 0.3) is 0 Å². The zero-order valence-electron chi connectivity index (χ0n) is 9.24. The fourth-order valence-corrected chi connectivity index (χ4v) is 0.644. The maximum Gasteiger partial charge on any atom is 0.408 e. The summed E-state index contributed by atoms with van der Waals surface area (Å²) in [6.45, 7) is 2.78. The lowest BCUT2D eigenvalue weighted by Gasteiger charge is -2.21. The summed E-state index contributed by atoms with van der Waals surface area (Å²) in [5, 5.41) is 10.7. The second-order valence-electron chi connectivity index (χ2n) is 3.42. The highest BCUT2D eigenvalue weighted by Gasteiger charge is 2.22. The zero-order valence-corrected chi connectivity index (χ0v) is 8.24. The summed E-state index contributed by atoms with van der Waals surface area (Å²) in [4.78, 5) is 21.7. The van der Waals surface area contributed by atoms with E-state index in [9.17, 15) is 9.59 Å². The summed E-state index contributed by atoms with van der Waals surface area (Å²) in [6.07, 6.45) is -0.884. The maximum atomic E-state index is 11.2. The fraction of sp³-hybridized carbons (Fsp3) is 0.750. The smallest absolute Gasteiger partial charge is 0.408 e. The van der Waals surface area contributed by atoms with Crippen molar-refractivity contribution in [2.45, 2.75) is 32.4 Å². The van der Waals surface area contributed by atoms with Gasteiger partial charge >= 0.3 is 12.1 Å². The van der Waals surface area contributed by atoms with Gasteiger partial charge in [0.25, 0.3) is 0 Å². The minimum absolute atomic E-state index is 0.110. The quantitative estimate of drug-likeness (QED) is 0.598. The van der Waals surface area contributed by atoms with Gasteiger partial charge in [-0.3, -0.25) is 0 Å². The van der Waals surface area contributed by atoms with Gasteiger partial charge in [0.15, 0.2) is 0 Å². The molecule has 4 N–H and O–H groups in total. The van der Waals surface area contributed by atoms with Gasteiger partial charge in [0.05, 0.1) is 0 Å². The van der Waals surface area contributed by atoms with Crippen molar-refractivity contribution in [3.05, 3.63) is 0 Å². The second-order valence-corrected chi connectivity index (χ2v) is 3.42. The monoisotopic (exact) mass is 205 g/mol. The lowest BCUT2D eigenvalue weighted by molar-refractivity contribution is -0.139. The topological polar surface area (TPSA) is 102 Å². The van der Waals surface area contributed by atoms with Crippen LogP contribution in [0.1, 0.15) is 22.1 Å². The van der Waals surface area contributed by atoms with Crippen molar-refractivity contribution in [1.82, 2.24) is 5.32 Å². The first-order chi connectivity index (χ1) is 6.82. The molecule has 0 aliphatic carbocycles. The molecule has 0 saturated heterocycles. The molecule has 0 aliphatic heterocycles. The van der Waals surface area contributed by atoms with Crippen LogP contribution < -0.4 is 11.1 Å². The van der Waals surface area contributed by atoms with Gasteiger partial charge in [0.1, 0.15) is 11.6 Å². The molecule has 0 heterocycles. The number of rotatable bonds is 3. The van der Waals surface area contributed by atoms with E-state index in [4.69, 9.17) is 16.9 Å². The predicted octanol–water partition coefficient (Wildman–Crippen LogP) is -0.0770. The molecule has 0 rings (SSSR count). The number of hydrogen-bond acceptors (Lipinski definition) is 4. The molecule has 1 amide bonds. The highest BCUT2D eigenvalue weighted by molar-refractivity contribution is 5.80.